The molecule has 1 aliphatic rings. The predicted molar refractivity (Wildman–Crippen MR) is 97.2 cm³/mol. The SMILES string of the molecule is COc1ccc([C@@]2(C)C(=O)N(c3ccc(C#N)c(C(F)(F)F)c3)C(=O)N2C)cc1. The van der Waals surface area contributed by atoms with Crippen LogP contribution >= 0.6 is 0 Å². The van der Waals surface area contributed by atoms with Crippen molar-refractivity contribution in [2.45, 2.75) is 18.6 Å². The zero-order chi connectivity index (χ0) is 21.6. The Hall–Kier alpha value is -3.54. The monoisotopic (exact) mass is 403 g/mol. The lowest BCUT2D eigenvalue weighted by atomic mass is 9.90. The molecule has 0 saturated carbocycles. The minimum atomic E-state index is -4.81. The number of nitrogens with zero attached hydrogens (tertiary/aromatic N) is 3. The van der Waals surface area contributed by atoms with E-state index in [1.54, 1.807) is 24.3 Å². The molecule has 0 N–H and O–H groups in total. The van der Waals surface area contributed by atoms with Gasteiger partial charge < -0.3 is 9.64 Å². The average Bonchev–Trinajstić information content (AvgIpc) is 2.88. The highest BCUT2D eigenvalue weighted by Gasteiger charge is 2.54. The van der Waals surface area contributed by atoms with Gasteiger partial charge in [0.25, 0.3) is 5.91 Å². The molecule has 0 unspecified atom stereocenters. The summed E-state index contributed by atoms with van der Waals surface area (Å²) in [5.74, 6) is -0.149. The molecule has 0 radical (unpaired) electrons. The standard InChI is InChI=1S/C20H16F3N3O3/c1-19(13-5-8-15(29-3)9-6-13)17(27)26(18(28)25(19)2)14-7-4-12(11-24)16(10-14)20(21,22)23/h4-10H,1-3H3/t19-/m0/s1. The number of alkyl halides is 3. The second-order valence-electron chi connectivity index (χ2n) is 6.62. The maximum atomic E-state index is 13.3. The number of hydrogen-bond acceptors (Lipinski definition) is 4. The van der Waals surface area contributed by atoms with Crippen LogP contribution in [0.4, 0.5) is 23.7 Å². The molecule has 0 aliphatic carbocycles. The molecule has 3 amide bonds. The summed E-state index contributed by atoms with van der Waals surface area (Å²) in [4.78, 5) is 27.9. The smallest absolute Gasteiger partial charge is 0.417 e. The average molecular weight is 403 g/mol. The first-order valence-electron chi connectivity index (χ1n) is 8.44. The predicted octanol–water partition coefficient (Wildman–Crippen LogP) is 3.90. The van der Waals surface area contributed by atoms with Crippen molar-refractivity contribution < 1.29 is 27.5 Å². The quantitative estimate of drug-likeness (QED) is 0.729. The highest BCUT2D eigenvalue weighted by molar-refractivity contribution is 6.23. The Bertz CT molecular complexity index is 1030. The fraction of sp³-hybridized carbons (Fsp3) is 0.250. The molecule has 1 heterocycles. The maximum Gasteiger partial charge on any atom is 0.417 e. The fourth-order valence-corrected chi connectivity index (χ4v) is 3.25. The minimum absolute atomic E-state index is 0.254. The molecule has 2 aromatic carbocycles. The molecule has 0 spiro atoms. The summed E-state index contributed by atoms with van der Waals surface area (Å²) in [6.07, 6.45) is -4.81. The number of hydrogen-bond donors (Lipinski definition) is 0. The van der Waals surface area contributed by atoms with Crippen molar-refractivity contribution in [3.05, 3.63) is 59.2 Å². The summed E-state index contributed by atoms with van der Waals surface area (Å²) >= 11 is 0. The number of imide groups is 1. The molecule has 9 heteroatoms. The highest BCUT2D eigenvalue weighted by Crippen LogP contribution is 2.41. The number of ether oxygens (including phenoxy) is 1. The lowest BCUT2D eigenvalue weighted by molar-refractivity contribution is -0.137. The van der Waals surface area contributed by atoms with E-state index >= 15 is 0 Å². The molecule has 6 nitrogen and oxygen atoms in total. The number of halogens is 3. The second kappa shape index (κ2) is 6.81. The Morgan fingerprint density at radius 2 is 1.72 bits per heavy atom. The number of carbonyl (C=O) groups excluding carboxylic acids is 2. The second-order valence-corrected chi connectivity index (χ2v) is 6.62. The normalized spacial score (nSPS) is 19.5. The van der Waals surface area contributed by atoms with Crippen LogP contribution in [0, 0.1) is 11.3 Å². The van der Waals surface area contributed by atoms with Gasteiger partial charge in [0.05, 0.1) is 30.0 Å². The van der Waals surface area contributed by atoms with Crippen molar-refractivity contribution in [3.8, 4) is 11.8 Å². The molecule has 29 heavy (non-hydrogen) atoms. The van der Waals surface area contributed by atoms with Gasteiger partial charge in [-0.25, -0.2) is 9.69 Å². The summed E-state index contributed by atoms with van der Waals surface area (Å²) in [5.41, 5.74) is -3.00. The molecule has 1 atom stereocenters. The largest absolute Gasteiger partial charge is 0.497 e. The Balaban J connectivity index is 2.10. The van der Waals surface area contributed by atoms with E-state index < -0.39 is 34.8 Å². The number of nitriles is 1. The summed E-state index contributed by atoms with van der Waals surface area (Å²) in [6.45, 7) is 1.52. The van der Waals surface area contributed by atoms with Crippen molar-refractivity contribution in [3.63, 3.8) is 0 Å². The molecule has 3 rings (SSSR count). The number of likely N-dealkylation sites (N-methyl/N-ethyl adjacent to an activating group) is 1. The van der Waals surface area contributed by atoms with Gasteiger partial charge in [-0.05, 0) is 42.8 Å². The van der Waals surface area contributed by atoms with E-state index in [0.29, 0.717) is 22.3 Å². The number of amides is 3. The van der Waals surface area contributed by atoms with E-state index in [0.717, 1.165) is 12.1 Å². The topological polar surface area (TPSA) is 73.6 Å². The van der Waals surface area contributed by atoms with Crippen LogP contribution in [-0.4, -0.2) is 31.0 Å². The van der Waals surface area contributed by atoms with E-state index in [4.69, 9.17) is 10.00 Å². The summed E-state index contributed by atoms with van der Waals surface area (Å²) in [5, 5.41) is 8.94. The first-order valence-corrected chi connectivity index (χ1v) is 8.44. The summed E-state index contributed by atoms with van der Waals surface area (Å²) < 4.78 is 45.0. The van der Waals surface area contributed by atoms with Crippen LogP contribution in [0.1, 0.15) is 23.6 Å². The van der Waals surface area contributed by atoms with Crippen LogP contribution in [0.2, 0.25) is 0 Å². The van der Waals surface area contributed by atoms with Gasteiger partial charge in [-0.3, -0.25) is 4.79 Å². The van der Waals surface area contributed by atoms with Gasteiger partial charge in [-0.15, -0.1) is 0 Å². The molecular formula is C20H16F3N3O3. The first-order chi connectivity index (χ1) is 13.6. The van der Waals surface area contributed by atoms with Crippen LogP contribution in [0.3, 0.4) is 0 Å². The van der Waals surface area contributed by atoms with E-state index in [-0.39, 0.29) is 5.69 Å². The Morgan fingerprint density at radius 3 is 2.24 bits per heavy atom. The van der Waals surface area contributed by atoms with Gasteiger partial charge >= 0.3 is 12.2 Å². The van der Waals surface area contributed by atoms with Gasteiger partial charge in [0.2, 0.25) is 0 Å². The van der Waals surface area contributed by atoms with Crippen molar-refractivity contribution in [2.75, 3.05) is 19.1 Å². The molecule has 0 aromatic heterocycles. The molecule has 2 aromatic rings. The molecule has 0 bridgehead atoms. The van der Waals surface area contributed by atoms with Gasteiger partial charge in [0.15, 0.2) is 0 Å². The molecule has 1 fully saturated rings. The lowest BCUT2D eigenvalue weighted by Crippen LogP contribution is -2.42. The van der Waals surface area contributed by atoms with Crippen LogP contribution in [0.25, 0.3) is 0 Å². The Morgan fingerprint density at radius 1 is 1.10 bits per heavy atom. The molecule has 1 saturated heterocycles. The highest BCUT2D eigenvalue weighted by atomic mass is 19.4. The van der Waals surface area contributed by atoms with Crippen molar-refractivity contribution >= 4 is 17.6 Å². The Labute approximate surface area is 164 Å². The molecule has 150 valence electrons. The maximum absolute atomic E-state index is 13.3. The van der Waals surface area contributed by atoms with E-state index in [1.165, 1.54) is 32.1 Å². The van der Waals surface area contributed by atoms with E-state index in [9.17, 15) is 22.8 Å². The third-order valence-electron chi connectivity index (χ3n) is 5.11. The number of anilines is 1. The summed E-state index contributed by atoms with van der Waals surface area (Å²) in [6, 6.07) is 9.91. The van der Waals surface area contributed by atoms with Crippen LogP contribution in [0.5, 0.6) is 5.75 Å². The van der Waals surface area contributed by atoms with Crippen molar-refractivity contribution in [1.82, 2.24) is 4.90 Å². The zero-order valence-corrected chi connectivity index (χ0v) is 15.7. The Kier molecular flexibility index (Phi) is 4.74. The molecule has 1 aliphatic heterocycles. The van der Waals surface area contributed by atoms with E-state index in [2.05, 4.69) is 0 Å². The minimum Gasteiger partial charge on any atom is -0.497 e. The van der Waals surface area contributed by atoms with Crippen LogP contribution < -0.4 is 9.64 Å². The number of urea groups is 1. The van der Waals surface area contributed by atoms with Crippen LogP contribution in [0.15, 0.2) is 42.5 Å². The fourth-order valence-electron chi connectivity index (χ4n) is 3.25. The van der Waals surface area contributed by atoms with Gasteiger partial charge in [0, 0.05) is 7.05 Å². The van der Waals surface area contributed by atoms with Gasteiger partial charge in [-0.2, -0.15) is 18.4 Å². The number of methoxy groups -OCH3 is 1. The van der Waals surface area contributed by atoms with Gasteiger partial charge in [0.1, 0.15) is 11.3 Å². The van der Waals surface area contributed by atoms with E-state index in [1.807, 2.05) is 0 Å². The third-order valence-corrected chi connectivity index (χ3v) is 5.11. The van der Waals surface area contributed by atoms with Crippen molar-refractivity contribution in [2.24, 2.45) is 0 Å². The number of carbonyl (C=O) groups is 2. The first kappa shape index (κ1) is 20.2. The number of benzene rings is 2. The lowest BCUT2D eigenvalue weighted by Gasteiger charge is -2.29. The van der Waals surface area contributed by atoms with Crippen molar-refractivity contribution in [1.29, 1.82) is 5.26 Å². The van der Waals surface area contributed by atoms with Crippen LogP contribution in [-0.2, 0) is 16.5 Å². The van der Waals surface area contributed by atoms with Gasteiger partial charge in [-0.1, -0.05) is 12.1 Å². The third kappa shape index (κ3) is 3.06. The number of rotatable bonds is 3. The molecular weight excluding hydrogens is 387 g/mol. The summed E-state index contributed by atoms with van der Waals surface area (Å²) in [7, 11) is 2.89. The zero-order valence-electron chi connectivity index (χ0n) is 15.7.